The quantitative estimate of drug-likeness (QED) is 0.687. The van der Waals surface area contributed by atoms with Crippen LogP contribution >= 0.6 is 0 Å². The maximum Gasteiger partial charge on any atom is 0.250 e. The minimum Gasteiger partial charge on any atom is -0.313 e. The van der Waals surface area contributed by atoms with Crippen LogP contribution in [0.3, 0.4) is 0 Å². The van der Waals surface area contributed by atoms with E-state index in [1.165, 1.54) is 12.1 Å². The van der Waals surface area contributed by atoms with E-state index in [1.807, 2.05) is 6.92 Å². The maximum atomic E-state index is 11.9. The summed E-state index contributed by atoms with van der Waals surface area (Å²) in [5.41, 5.74) is 2.64. The fourth-order valence-corrected chi connectivity index (χ4v) is 3.39. The highest BCUT2D eigenvalue weighted by atomic mass is 32.2. The molecule has 3 rings (SSSR count). The van der Waals surface area contributed by atoms with E-state index in [1.54, 1.807) is 46.0 Å². The molecule has 3 aromatic rings. The van der Waals surface area contributed by atoms with Gasteiger partial charge in [-0.05, 0) is 24.6 Å². The standard InChI is InChI=1S/C19H19N5O3S/c1-3-8-23-13-17(5-7-19(23)25)24-12-15(11-21-24)18-6-4-16(9-14(18)10-20)22-28(2,26)27/h4-7,9,11-13,22H,3,8H2,1-2H3. The van der Waals surface area contributed by atoms with Gasteiger partial charge in [0.1, 0.15) is 0 Å². The Morgan fingerprint density at radius 3 is 2.68 bits per heavy atom. The van der Waals surface area contributed by atoms with E-state index in [9.17, 15) is 18.5 Å². The Morgan fingerprint density at radius 2 is 2.00 bits per heavy atom. The van der Waals surface area contributed by atoms with E-state index in [0.29, 0.717) is 28.9 Å². The van der Waals surface area contributed by atoms with E-state index in [0.717, 1.165) is 18.4 Å². The zero-order valence-electron chi connectivity index (χ0n) is 15.5. The third-order valence-corrected chi connectivity index (χ3v) is 4.64. The Kier molecular flexibility index (Phi) is 5.33. The SMILES string of the molecule is CCCn1cc(-n2cc(-c3ccc(NS(C)(=O)=O)cc3C#N)cn2)ccc1=O. The first-order chi connectivity index (χ1) is 13.3. The molecule has 0 aliphatic heterocycles. The summed E-state index contributed by atoms with van der Waals surface area (Å²) in [7, 11) is -3.43. The van der Waals surface area contributed by atoms with Gasteiger partial charge in [0, 0.05) is 41.8 Å². The highest BCUT2D eigenvalue weighted by Gasteiger charge is 2.11. The number of nitrogens with one attached hydrogen (secondary N) is 1. The fraction of sp³-hybridized carbons (Fsp3) is 0.211. The van der Waals surface area contributed by atoms with Crippen molar-refractivity contribution in [1.29, 1.82) is 5.26 Å². The molecule has 28 heavy (non-hydrogen) atoms. The van der Waals surface area contributed by atoms with Gasteiger partial charge in [0.2, 0.25) is 10.0 Å². The number of aromatic nitrogens is 3. The molecule has 0 aliphatic carbocycles. The zero-order valence-corrected chi connectivity index (χ0v) is 16.3. The van der Waals surface area contributed by atoms with Crippen LogP contribution in [-0.2, 0) is 16.6 Å². The Hall–Kier alpha value is -3.38. The fourth-order valence-electron chi connectivity index (χ4n) is 2.84. The molecule has 0 amide bonds. The van der Waals surface area contributed by atoms with Crippen molar-refractivity contribution in [2.24, 2.45) is 0 Å². The van der Waals surface area contributed by atoms with Crippen molar-refractivity contribution in [2.45, 2.75) is 19.9 Å². The molecular formula is C19H19N5O3S. The van der Waals surface area contributed by atoms with Crippen LogP contribution in [0.1, 0.15) is 18.9 Å². The number of nitrogens with zero attached hydrogens (tertiary/aromatic N) is 4. The van der Waals surface area contributed by atoms with Crippen molar-refractivity contribution in [3.63, 3.8) is 0 Å². The maximum absolute atomic E-state index is 11.9. The normalized spacial score (nSPS) is 11.2. The largest absolute Gasteiger partial charge is 0.313 e. The monoisotopic (exact) mass is 397 g/mol. The predicted octanol–water partition coefficient (Wildman–Crippen LogP) is 2.35. The predicted molar refractivity (Wildman–Crippen MR) is 107 cm³/mol. The minimum absolute atomic E-state index is 0.0706. The first-order valence-corrected chi connectivity index (χ1v) is 10.5. The van der Waals surface area contributed by atoms with Crippen molar-refractivity contribution in [1.82, 2.24) is 14.3 Å². The summed E-state index contributed by atoms with van der Waals surface area (Å²) in [4.78, 5) is 11.9. The molecule has 0 spiro atoms. The van der Waals surface area contributed by atoms with Crippen LogP contribution in [0, 0.1) is 11.3 Å². The van der Waals surface area contributed by atoms with E-state index in [4.69, 9.17) is 0 Å². The summed E-state index contributed by atoms with van der Waals surface area (Å²) in [5, 5.41) is 13.8. The lowest BCUT2D eigenvalue weighted by atomic mass is 10.0. The van der Waals surface area contributed by atoms with Crippen LogP contribution in [0.2, 0.25) is 0 Å². The van der Waals surface area contributed by atoms with E-state index < -0.39 is 10.0 Å². The summed E-state index contributed by atoms with van der Waals surface area (Å²) in [6.07, 6.45) is 7.01. The van der Waals surface area contributed by atoms with Gasteiger partial charge in [0.05, 0.1) is 29.8 Å². The Balaban J connectivity index is 1.97. The number of aryl methyl sites for hydroxylation is 1. The summed E-state index contributed by atoms with van der Waals surface area (Å²) in [5.74, 6) is 0. The molecule has 2 heterocycles. The van der Waals surface area contributed by atoms with Gasteiger partial charge >= 0.3 is 0 Å². The second-order valence-electron chi connectivity index (χ2n) is 6.34. The second-order valence-corrected chi connectivity index (χ2v) is 8.09. The molecule has 0 saturated heterocycles. The number of rotatable bonds is 6. The topological polar surface area (TPSA) is 110 Å². The molecule has 0 bridgehead atoms. The zero-order chi connectivity index (χ0) is 20.3. The molecule has 0 unspecified atom stereocenters. The molecule has 8 nitrogen and oxygen atoms in total. The smallest absolute Gasteiger partial charge is 0.250 e. The van der Waals surface area contributed by atoms with Crippen LogP contribution in [0.5, 0.6) is 0 Å². The van der Waals surface area contributed by atoms with Gasteiger partial charge in [0.15, 0.2) is 0 Å². The number of hydrogen-bond acceptors (Lipinski definition) is 5. The van der Waals surface area contributed by atoms with Gasteiger partial charge in [-0.2, -0.15) is 10.4 Å². The molecule has 0 atom stereocenters. The van der Waals surface area contributed by atoms with E-state index in [-0.39, 0.29) is 5.56 Å². The first kappa shape index (κ1) is 19.4. The number of pyridine rings is 1. The molecule has 1 N–H and O–H groups in total. The Morgan fingerprint density at radius 1 is 1.21 bits per heavy atom. The lowest BCUT2D eigenvalue weighted by Crippen LogP contribution is -2.19. The second kappa shape index (κ2) is 7.70. The molecule has 144 valence electrons. The molecule has 0 radical (unpaired) electrons. The molecular weight excluding hydrogens is 378 g/mol. The van der Waals surface area contributed by atoms with Crippen molar-refractivity contribution in [2.75, 3.05) is 11.0 Å². The van der Waals surface area contributed by atoms with Crippen LogP contribution in [-0.4, -0.2) is 29.0 Å². The van der Waals surface area contributed by atoms with Crippen molar-refractivity contribution < 1.29 is 8.42 Å². The van der Waals surface area contributed by atoms with Crippen molar-refractivity contribution in [3.8, 4) is 22.9 Å². The van der Waals surface area contributed by atoms with Crippen molar-refractivity contribution in [3.05, 3.63) is 64.8 Å². The number of anilines is 1. The van der Waals surface area contributed by atoms with Gasteiger partial charge in [0.25, 0.3) is 5.56 Å². The molecule has 0 fully saturated rings. The third kappa shape index (κ3) is 4.29. The lowest BCUT2D eigenvalue weighted by molar-refractivity contribution is 0.607. The highest BCUT2D eigenvalue weighted by molar-refractivity contribution is 7.92. The number of hydrogen-bond donors (Lipinski definition) is 1. The lowest BCUT2D eigenvalue weighted by Gasteiger charge is -2.08. The Bertz CT molecular complexity index is 1220. The van der Waals surface area contributed by atoms with Gasteiger partial charge in [-0.15, -0.1) is 0 Å². The minimum atomic E-state index is -3.43. The number of benzene rings is 1. The van der Waals surface area contributed by atoms with Gasteiger partial charge in [-0.25, -0.2) is 13.1 Å². The number of nitriles is 1. The molecule has 1 aromatic carbocycles. The third-order valence-electron chi connectivity index (χ3n) is 4.03. The number of sulfonamides is 1. The van der Waals surface area contributed by atoms with Crippen LogP contribution in [0.25, 0.3) is 16.8 Å². The van der Waals surface area contributed by atoms with Crippen LogP contribution in [0.15, 0.2) is 53.7 Å². The van der Waals surface area contributed by atoms with Gasteiger partial charge in [-0.1, -0.05) is 13.0 Å². The van der Waals surface area contributed by atoms with Crippen molar-refractivity contribution >= 4 is 15.7 Å². The van der Waals surface area contributed by atoms with Crippen LogP contribution in [0.4, 0.5) is 5.69 Å². The average Bonchev–Trinajstić information content (AvgIpc) is 3.12. The molecule has 0 aliphatic rings. The Labute approximate surface area is 162 Å². The van der Waals surface area contributed by atoms with Gasteiger partial charge in [-0.3, -0.25) is 9.52 Å². The summed E-state index contributed by atoms with van der Waals surface area (Å²) in [6.45, 7) is 2.62. The van der Waals surface area contributed by atoms with Crippen LogP contribution < -0.4 is 10.3 Å². The first-order valence-electron chi connectivity index (χ1n) is 8.58. The summed E-state index contributed by atoms with van der Waals surface area (Å²) >= 11 is 0. The van der Waals surface area contributed by atoms with E-state index in [2.05, 4.69) is 15.9 Å². The average molecular weight is 397 g/mol. The summed E-state index contributed by atoms with van der Waals surface area (Å²) in [6, 6.07) is 10.0. The van der Waals surface area contributed by atoms with Gasteiger partial charge < -0.3 is 4.57 Å². The molecule has 9 heteroatoms. The molecule has 0 saturated carbocycles. The molecule has 2 aromatic heterocycles. The summed E-state index contributed by atoms with van der Waals surface area (Å²) < 4.78 is 28.4. The van der Waals surface area contributed by atoms with E-state index >= 15 is 0 Å². The highest BCUT2D eigenvalue weighted by Crippen LogP contribution is 2.26.